The first-order valence-electron chi connectivity index (χ1n) is 7.66. The van der Waals surface area contributed by atoms with E-state index in [0.717, 1.165) is 16.5 Å². The summed E-state index contributed by atoms with van der Waals surface area (Å²) in [6.45, 7) is 4.75. The molecule has 0 saturated carbocycles. The normalized spacial score (nSPS) is 12.5. The number of benzene rings is 2. The van der Waals surface area contributed by atoms with Crippen molar-refractivity contribution < 1.29 is 9.73 Å². The first kappa shape index (κ1) is 15.8. The molecule has 118 valence electrons. The number of nitrogens with two attached hydrogens (primary N) is 1. The molecule has 3 aromatic rings. The Morgan fingerprint density at radius 2 is 1.91 bits per heavy atom. The molecule has 0 saturated heterocycles. The molecule has 0 aliphatic rings. The molecule has 0 unspecified atom stereocenters. The molecule has 2 N–H and O–H groups in total. The Kier molecular flexibility index (Phi) is 4.51. The van der Waals surface area contributed by atoms with Gasteiger partial charge >= 0.3 is 5.63 Å². The largest absolute Gasteiger partial charge is 0.423 e. The zero-order valence-electron chi connectivity index (χ0n) is 13.2. The maximum atomic E-state index is 11.8. The minimum Gasteiger partial charge on any atom is -0.423 e. The number of fused-ring (bicyclic) bond motifs is 1. The molecule has 1 atom stereocenters. The van der Waals surface area contributed by atoms with Gasteiger partial charge in [0.05, 0.1) is 0 Å². The molecule has 1 heterocycles. The summed E-state index contributed by atoms with van der Waals surface area (Å²) >= 11 is 6.23. The molecule has 2 aromatic carbocycles. The number of rotatable bonds is 4. The van der Waals surface area contributed by atoms with Gasteiger partial charge in [-0.15, -0.1) is 0 Å². The summed E-state index contributed by atoms with van der Waals surface area (Å²) < 4.78 is 5.30. The van der Waals surface area contributed by atoms with E-state index in [9.17, 15) is 4.79 Å². The second-order valence-corrected chi connectivity index (χ2v) is 6.23. The molecule has 4 heteroatoms. The minimum absolute atomic E-state index is 0.305. The molecular weight excluding hydrogens is 310 g/mol. The van der Waals surface area contributed by atoms with Crippen LogP contribution in [-0.2, 0) is 6.54 Å². The van der Waals surface area contributed by atoms with Gasteiger partial charge in [0.1, 0.15) is 18.2 Å². The van der Waals surface area contributed by atoms with Crippen LogP contribution in [0.4, 0.5) is 0 Å². The maximum Gasteiger partial charge on any atom is 0.336 e. The predicted octanol–water partition coefficient (Wildman–Crippen LogP) is 3.58. The average molecular weight is 329 g/mol. The van der Waals surface area contributed by atoms with E-state index < -0.39 is 0 Å². The molecule has 3 rings (SSSR count). The molecule has 3 nitrogen and oxygen atoms in total. The Morgan fingerprint density at radius 3 is 2.65 bits per heavy atom. The molecule has 1 aromatic heterocycles. The highest BCUT2D eigenvalue weighted by atomic mass is 35.5. The lowest BCUT2D eigenvalue weighted by atomic mass is 10.1. The van der Waals surface area contributed by atoms with Crippen molar-refractivity contribution in [2.45, 2.75) is 26.4 Å². The molecule has 0 aliphatic carbocycles. The van der Waals surface area contributed by atoms with Crippen molar-refractivity contribution in [1.29, 1.82) is 0 Å². The molecule has 0 aliphatic heterocycles. The molecule has 0 amide bonds. The predicted molar refractivity (Wildman–Crippen MR) is 92.7 cm³/mol. The van der Waals surface area contributed by atoms with Crippen molar-refractivity contribution in [2.24, 2.45) is 0 Å². The highest BCUT2D eigenvalue weighted by Crippen LogP contribution is 2.24. The lowest BCUT2D eigenvalue weighted by molar-refractivity contribution is -0.707. The van der Waals surface area contributed by atoms with Crippen LogP contribution in [0, 0.1) is 6.92 Å². The van der Waals surface area contributed by atoms with E-state index in [1.54, 1.807) is 6.07 Å². The van der Waals surface area contributed by atoms with Crippen LogP contribution < -0.4 is 10.9 Å². The van der Waals surface area contributed by atoms with Crippen molar-refractivity contribution in [1.82, 2.24) is 0 Å². The Hall–Kier alpha value is -2.10. The molecule has 23 heavy (non-hydrogen) atoms. The number of aryl methyl sites for hydroxylation is 1. The summed E-state index contributed by atoms with van der Waals surface area (Å²) in [7, 11) is 0. The molecule has 0 spiro atoms. The fourth-order valence-corrected chi connectivity index (χ4v) is 2.88. The second kappa shape index (κ2) is 6.57. The van der Waals surface area contributed by atoms with Crippen LogP contribution in [0.15, 0.2) is 57.7 Å². The van der Waals surface area contributed by atoms with Crippen molar-refractivity contribution in [3.63, 3.8) is 0 Å². The smallest absolute Gasteiger partial charge is 0.336 e. The van der Waals surface area contributed by atoms with Crippen molar-refractivity contribution in [2.75, 3.05) is 0 Å². The van der Waals surface area contributed by atoms with Gasteiger partial charge in [-0.25, -0.2) is 4.79 Å². The standard InChI is InChI=1S/C19H18ClNO2/c1-12-8-18-16(10-17(12)20)15(9-19(22)23-18)11-21-13(2)14-6-4-3-5-7-14/h3-10,13,21H,11H2,1-2H3/p+1/t13-/m1/s1. The third-order valence-corrected chi connectivity index (χ3v) is 4.53. The number of quaternary nitrogens is 1. The fraction of sp³-hybridized carbons (Fsp3) is 0.211. The van der Waals surface area contributed by atoms with Gasteiger partial charge in [-0.05, 0) is 31.5 Å². The monoisotopic (exact) mass is 328 g/mol. The van der Waals surface area contributed by atoms with Crippen LogP contribution in [0.3, 0.4) is 0 Å². The second-order valence-electron chi connectivity index (χ2n) is 5.83. The lowest BCUT2D eigenvalue weighted by Crippen LogP contribution is -2.83. The topological polar surface area (TPSA) is 46.8 Å². The van der Waals surface area contributed by atoms with Crippen LogP contribution in [-0.4, -0.2) is 0 Å². The Morgan fingerprint density at radius 1 is 1.17 bits per heavy atom. The van der Waals surface area contributed by atoms with Gasteiger partial charge in [-0.2, -0.15) is 0 Å². The van der Waals surface area contributed by atoms with Gasteiger partial charge < -0.3 is 9.73 Å². The summed E-state index contributed by atoms with van der Waals surface area (Å²) in [6.07, 6.45) is 0. The molecule has 0 radical (unpaired) electrons. The minimum atomic E-state index is -0.324. The van der Waals surface area contributed by atoms with Crippen LogP contribution in [0.25, 0.3) is 11.0 Å². The van der Waals surface area contributed by atoms with Crippen LogP contribution in [0.1, 0.15) is 29.7 Å². The Balaban J connectivity index is 1.91. The van der Waals surface area contributed by atoms with Gasteiger partial charge in [-0.1, -0.05) is 41.9 Å². The zero-order chi connectivity index (χ0) is 16.4. The third kappa shape index (κ3) is 3.46. The summed E-state index contributed by atoms with van der Waals surface area (Å²) in [4.78, 5) is 11.8. The third-order valence-electron chi connectivity index (χ3n) is 4.13. The molecule has 0 bridgehead atoms. The zero-order valence-corrected chi connectivity index (χ0v) is 13.9. The fourth-order valence-electron chi connectivity index (χ4n) is 2.71. The summed E-state index contributed by atoms with van der Waals surface area (Å²) in [5, 5.41) is 3.79. The maximum absolute atomic E-state index is 11.8. The van der Waals surface area contributed by atoms with Crippen LogP contribution in [0.2, 0.25) is 5.02 Å². The highest BCUT2D eigenvalue weighted by molar-refractivity contribution is 6.32. The van der Waals surface area contributed by atoms with E-state index in [4.69, 9.17) is 16.0 Å². The van der Waals surface area contributed by atoms with E-state index >= 15 is 0 Å². The number of hydrogen-bond donors (Lipinski definition) is 1. The first-order valence-corrected chi connectivity index (χ1v) is 8.03. The number of hydrogen-bond acceptors (Lipinski definition) is 2. The molecule has 0 fully saturated rings. The van der Waals surface area contributed by atoms with Crippen LogP contribution >= 0.6 is 11.6 Å². The SMILES string of the molecule is Cc1cc2oc(=O)cc(C[NH2+][C@H](C)c3ccccc3)c2cc1Cl. The van der Waals surface area contributed by atoms with E-state index in [2.05, 4.69) is 24.4 Å². The van der Waals surface area contributed by atoms with Crippen LogP contribution in [0.5, 0.6) is 0 Å². The van der Waals surface area contributed by atoms with Gasteiger partial charge in [-0.3, -0.25) is 0 Å². The van der Waals surface area contributed by atoms with Gasteiger partial charge in [0.2, 0.25) is 0 Å². The van der Waals surface area contributed by atoms with E-state index in [-0.39, 0.29) is 5.63 Å². The average Bonchev–Trinajstić information content (AvgIpc) is 2.55. The van der Waals surface area contributed by atoms with Gasteiger partial charge in [0.25, 0.3) is 0 Å². The summed E-state index contributed by atoms with van der Waals surface area (Å²) in [5.41, 5.74) is 3.38. The summed E-state index contributed by atoms with van der Waals surface area (Å²) in [5.74, 6) is 0. The van der Waals surface area contributed by atoms with Crippen molar-refractivity contribution >= 4 is 22.6 Å². The lowest BCUT2D eigenvalue weighted by Gasteiger charge is -2.12. The number of halogens is 1. The van der Waals surface area contributed by atoms with Gasteiger partial charge in [0, 0.05) is 27.6 Å². The highest BCUT2D eigenvalue weighted by Gasteiger charge is 2.12. The Labute approximate surface area is 139 Å². The summed E-state index contributed by atoms with van der Waals surface area (Å²) in [6, 6.07) is 15.9. The quantitative estimate of drug-likeness (QED) is 0.744. The van der Waals surface area contributed by atoms with E-state index in [0.29, 0.717) is 23.2 Å². The molecular formula is C19H19ClNO2+. The van der Waals surface area contributed by atoms with Crippen molar-refractivity contribution in [3.05, 3.63) is 80.7 Å². The Bertz CT molecular complexity index is 887. The first-order chi connectivity index (χ1) is 11.0. The van der Waals surface area contributed by atoms with E-state index in [1.165, 1.54) is 5.56 Å². The van der Waals surface area contributed by atoms with Crippen molar-refractivity contribution in [3.8, 4) is 0 Å². The van der Waals surface area contributed by atoms with Gasteiger partial charge in [0.15, 0.2) is 0 Å². The van der Waals surface area contributed by atoms with E-state index in [1.807, 2.05) is 37.3 Å².